The van der Waals surface area contributed by atoms with E-state index in [9.17, 15) is 0 Å². The maximum Gasteiger partial charge on any atom is 0.0564 e. The first kappa shape index (κ1) is 34.3. The van der Waals surface area contributed by atoms with E-state index in [1.165, 1.54) is 55.3 Å². The molecule has 1 aliphatic carbocycles. The summed E-state index contributed by atoms with van der Waals surface area (Å²) >= 11 is 0. The zero-order valence-electron chi connectivity index (χ0n) is 32.2. The molecule has 0 aliphatic heterocycles. The van der Waals surface area contributed by atoms with Crippen LogP contribution < -0.4 is 9.80 Å². The molecule has 57 heavy (non-hydrogen) atoms. The van der Waals surface area contributed by atoms with Crippen LogP contribution in [-0.2, 0) is 5.41 Å². The summed E-state index contributed by atoms with van der Waals surface area (Å²) in [6.07, 6.45) is 0. The van der Waals surface area contributed by atoms with Crippen molar-refractivity contribution in [1.29, 1.82) is 0 Å². The molecule has 1 aliphatic rings. The van der Waals surface area contributed by atoms with E-state index in [0.717, 1.165) is 34.1 Å². The number of hydrogen-bond acceptors (Lipinski definition) is 2. The standard InChI is InChI=1S/C55H42N2/c1-55(2)51-37-48(56(44-22-11-5-12-23-44)46-32-27-41(28-33-46)39-17-7-3-8-18-39)38-52(53(51)50-36-31-43-21-15-16-26-49(43)54(50)55)57(45-24-13-6-14-25-45)47-34-29-42(30-35-47)40-19-9-4-10-20-40/h3-38H,1-2H3. The average Bonchev–Trinajstić information content (AvgIpc) is 3.52. The van der Waals surface area contributed by atoms with Gasteiger partial charge in [-0.2, -0.15) is 0 Å². The number of benzene rings is 9. The molecule has 0 unspecified atom stereocenters. The van der Waals surface area contributed by atoms with Gasteiger partial charge in [0.15, 0.2) is 0 Å². The second-order valence-corrected chi connectivity index (χ2v) is 15.4. The van der Waals surface area contributed by atoms with Crippen molar-refractivity contribution in [3.63, 3.8) is 0 Å². The number of para-hydroxylation sites is 2. The van der Waals surface area contributed by atoms with Crippen molar-refractivity contribution >= 4 is 44.9 Å². The molecule has 2 heteroatoms. The number of fused-ring (bicyclic) bond motifs is 5. The topological polar surface area (TPSA) is 6.48 Å². The Morgan fingerprint density at radius 1 is 0.351 bits per heavy atom. The zero-order valence-corrected chi connectivity index (χ0v) is 32.2. The van der Waals surface area contributed by atoms with Crippen LogP contribution in [0.4, 0.5) is 34.1 Å². The first-order valence-corrected chi connectivity index (χ1v) is 19.8. The maximum absolute atomic E-state index is 2.46. The summed E-state index contributed by atoms with van der Waals surface area (Å²) in [5.74, 6) is 0. The Balaban J connectivity index is 1.24. The third-order valence-corrected chi connectivity index (χ3v) is 11.6. The van der Waals surface area contributed by atoms with Gasteiger partial charge in [-0.05, 0) is 110 Å². The molecule has 0 atom stereocenters. The fourth-order valence-corrected chi connectivity index (χ4v) is 8.88. The molecule has 0 N–H and O–H groups in total. The van der Waals surface area contributed by atoms with Crippen LogP contribution in [0.2, 0.25) is 0 Å². The fourth-order valence-electron chi connectivity index (χ4n) is 8.88. The van der Waals surface area contributed by atoms with Crippen molar-refractivity contribution in [3.05, 3.63) is 230 Å². The van der Waals surface area contributed by atoms with Gasteiger partial charge in [-0.25, -0.2) is 0 Å². The second kappa shape index (κ2) is 14.2. The van der Waals surface area contributed by atoms with Crippen molar-refractivity contribution in [1.82, 2.24) is 0 Å². The molecule has 9 aromatic carbocycles. The second-order valence-electron chi connectivity index (χ2n) is 15.4. The Bertz CT molecular complexity index is 2830. The lowest BCUT2D eigenvalue weighted by Gasteiger charge is -2.33. The van der Waals surface area contributed by atoms with Gasteiger partial charge in [0.1, 0.15) is 0 Å². The third-order valence-electron chi connectivity index (χ3n) is 11.6. The van der Waals surface area contributed by atoms with E-state index in [-0.39, 0.29) is 5.41 Å². The summed E-state index contributed by atoms with van der Waals surface area (Å²) in [6.45, 7) is 4.81. The molecule has 0 saturated heterocycles. The molecular weight excluding hydrogens is 689 g/mol. The number of anilines is 6. The summed E-state index contributed by atoms with van der Waals surface area (Å²) in [5.41, 5.74) is 16.4. The predicted octanol–water partition coefficient (Wildman–Crippen LogP) is 15.4. The molecule has 0 spiro atoms. The van der Waals surface area contributed by atoms with E-state index in [1.807, 2.05) is 0 Å². The first-order valence-electron chi connectivity index (χ1n) is 19.8. The van der Waals surface area contributed by atoms with Crippen molar-refractivity contribution < 1.29 is 0 Å². The van der Waals surface area contributed by atoms with Gasteiger partial charge in [0.25, 0.3) is 0 Å². The minimum absolute atomic E-state index is 0.282. The Morgan fingerprint density at radius 2 is 0.789 bits per heavy atom. The van der Waals surface area contributed by atoms with Gasteiger partial charge in [-0.15, -0.1) is 0 Å². The zero-order chi connectivity index (χ0) is 38.3. The highest BCUT2D eigenvalue weighted by Gasteiger charge is 2.40. The Morgan fingerprint density at radius 3 is 1.35 bits per heavy atom. The van der Waals surface area contributed by atoms with Crippen molar-refractivity contribution in [2.75, 3.05) is 9.80 Å². The first-order chi connectivity index (χ1) is 28.0. The molecule has 9 aromatic rings. The van der Waals surface area contributed by atoms with Crippen LogP contribution in [0.5, 0.6) is 0 Å². The Kier molecular flexibility index (Phi) is 8.53. The highest BCUT2D eigenvalue weighted by Crippen LogP contribution is 2.58. The minimum Gasteiger partial charge on any atom is -0.310 e. The van der Waals surface area contributed by atoms with Gasteiger partial charge in [0, 0.05) is 39.4 Å². The van der Waals surface area contributed by atoms with Gasteiger partial charge in [0.05, 0.1) is 5.69 Å². The van der Waals surface area contributed by atoms with Crippen molar-refractivity contribution in [2.24, 2.45) is 0 Å². The molecule has 0 saturated carbocycles. The van der Waals surface area contributed by atoms with Crippen LogP contribution in [0.1, 0.15) is 25.0 Å². The van der Waals surface area contributed by atoms with Crippen LogP contribution in [0.3, 0.4) is 0 Å². The Labute approximate surface area is 335 Å². The number of rotatable bonds is 8. The van der Waals surface area contributed by atoms with Crippen LogP contribution >= 0.6 is 0 Å². The van der Waals surface area contributed by atoms with Gasteiger partial charge < -0.3 is 9.80 Å². The Hall–Kier alpha value is -7.16. The lowest BCUT2D eigenvalue weighted by atomic mass is 9.80. The SMILES string of the molecule is CC1(C)c2cc(N(c3ccccc3)c3ccc(-c4ccccc4)cc3)cc(N(c3ccccc3)c3ccc(-c4ccccc4)cc3)c2-c2ccc3ccccc3c21. The predicted molar refractivity (Wildman–Crippen MR) is 242 cm³/mol. The minimum atomic E-state index is -0.282. The highest BCUT2D eigenvalue weighted by molar-refractivity contribution is 6.04. The summed E-state index contributed by atoms with van der Waals surface area (Å²) in [4.78, 5) is 4.87. The van der Waals surface area contributed by atoms with Gasteiger partial charge >= 0.3 is 0 Å². The van der Waals surface area contributed by atoms with Crippen LogP contribution in [-0.4, -0.2) is 0 Å². The summed E-state index contributed by atoms with van der Waals surface area (Å²) < 4.78 is 0. The largest absolute Gasteiger partial charge is 0.310 e. The van der Waals surface area contributed by atoms with Crippen LogP contribution in [0.25, 0.3) is 44.2 Å². The van der Waals surface area contributed by atoms with E-state index in [1.54, 1.807) is 0 Å². The lowest BCUT2D eigenvalue weighted by Crippen LogP contribution is -2.18. The highest BCUT2D eigenvalue weighted by atomic mass is 15.2. The number of nitrogens with zero attached hydrogens (tertiary/aromatic N) is 2. The molecule has 0 fully saturated rings. The van der Waals surface area contributed by atoms with Gasteiger partial charge in [0.2, 0.25) is 0 Å². The molecule has 0 amide bonds. The maximum atomic E-state index is 2.46. The molecule has 0 bridgehead atoms. The quantitative estimate of drug-likeness (QED) is 0.154. The van der Waals surface area contributed by atoms with E-state index >= 15 is 0 Å². The molecule has 0 aromatic heterocycles. The summed E-state index contributed by atoms with van der Waals surface area (Å²) in [5, 5.41) is 2.57. The van der Waals surface area contributed by atoms with Gasteiger partial charge in [-0.3, -0.25) is 0 Å². The molecule has 272 valence electrons. The molecule has 2 nitrogen and oxygen atoms in total. The normalized spacial score (nSPS) is 12.5. The fraction of sp³-hybridized carbons (Fsp3) is 0.0545. The van der Waals surface area contributed by atoms with Crippen molar-refractivity contribution in [3.8, 4) is 33.4 Å². The number of hydrogen-bond donors (Lipinski definition) is 0. The van der Waals surface area contributed by atoms with E-state index < -0.39 is 0 Å². The van der Waals surface area contributed by atoms with E-state index in [0.29, 0.717) is 0 Å². The molecule has 10 rings (SSSR count). The molecule has 0 radical (unpaired) electrons. The smallest absolute Gasteiger partial charge is 0.0564 e. The molecular formula is C55H42N2. The van der Waals surface area contributed by atoms with E-state index in [2.05, 4.69) is 242 Å². The van der Waals surface area contributed by atoms with Gasteiger partial charge in [-0.1, -0.05) is 172 Å². The molecule has 0 heterocycles. The van der Waals surface area contributed by atoms with E-state index in [4.69, 9.17) is 0 Å². The van der Waals surface area contributed by atoms with Crippen LogP contribution in [0.15, 0.2) is 218 Å². The summed E-state index contributed by atoms with van der Waals surface area (Å²) in [6, 6.07) is 79.2. The van der Waals surface area contributed by atoms with Crippen molar-refractivity contribution in [2.45, 2.75) is 19.3 Å². The summed E-state index contributed by atoms with van der Waals surface area (Å²) in [7, 11) is 0. The lowest BCUT2D eigenvalue weighted by molar-refractivity contribution is 0.666. The van der Waals surface area contributed by atoms with Crippen LogP contribution in [0, 0.1) is 0 Å². The monoisotopic (exact) mass is 730 g/mol. The third kappa shape index (κ3) is 6.07. The average molecular weight is 731 g/mol.